The predicted octanol–water partition coefficient (Wildman–Crippen LogP) is 15.5. The van der Waals surface area contributed by atoms with E-state index in [1.807, 2.05) is 6.07 Å². The van der Waals surface area contributed by atoms with Gasteiger partial charge in [0.15, 0.2) is 5.82 Å². The lowest BCUT2D eigenvalue weighted by Crippen LogP contribution is -2.28. The Morgan fingerprint density at radius 3 is 1.44 bits per heavy atom. The minimum Gasteiger partial charge on any atom is -0.228 e. The molecule has 10 aromatic carbocycles. The molecule has 63 heavy (non-hydrogen) atoms. The molecule has 2 heteroatoms. The van der Waals surface area contributed by atoms with Crippen LogP contribution < -0.4 is 0 Å². The van der Waals surface area contributed by atoms with Crippen molar-refractivity contribution in [3.8, 4) is 67.3 Å². The van der Waals surface area contributed by atoms with Crippen molar-refractivity contribution in [3.63, 3.8) is 0 Å². The molecule has 1 aliphatic rings. The molecule has 0 N–H and O–H groups in total. The Balaban J connectivity index is 1.01. The Morgan fingerprint density at radius 1 is 0.270 bits per heavy atom. The van der Waals surface area contributed by atoms with Crippen LogP contribution in [0.1, 0.15) is 22.3 Å². The molecule has 11 aromatic rings. The Morgan fingerprint density at radius 2 is 0.730 bits per heavy atom. The van der Waals surface area contributed by atoms with Gasteiger partial charge in [-0.2, -0.15) is 0 Å². The molecule has 0 atom stereocenters. The highest BCUT2D eigenvalue weighted by Gasteiger charge is 2.46. The van der Waals surface area contributed by atoms with Crippen molar-refractivity contribution in [1.29, 1.82) is 0 Å². The number of aromatic nitrogens is 2. The minimum atomic E-state index is -0.477. The predicted molar refractivity (Wildman–Crippen MR) is 262 cm³/mol. The lowest BCUT2D eigenvalue weighted by molar-refractivity contribution is 0.769. The Kier molecular flexibility index (Phi) is 8.76. The minimum absolute atomic E-state index is 0.477. The van der Waals surface area contributed by atoms with E-state index in [1.165, 1.54) is 66.4 Å². The smallest absolute Gasteiger partial charge is 0.161 e. The van der Waals surface area contributed by atoms with Crippen LogP contribution in [0.3, 0.4) is 0 Å². The molecular formula is C61H40N2. The molecule has 1 heterocycles. The van der Waals surface area contributed by atoms with Gasteiger partial charge in [-0.3, -0.25) is 0 Å². The maximum Gasteiger partial charge on any atom is 0.161 e. The van der Waals surface area contributed by atoms with Crippen molar-refractivity contribution in [3.05, 3.63) is 265 Å². The fraction of sp³-hybridized carbons (Fsp3) is 0.0164. The van der Waals surface area contributed by atoms with Gasteiger partial charge in [0, 0.05) is 16.7 Å². The summed E-state index contributed by atoms with van der Waals surface area (Å²) in [7, 11) is 0. The Bertz CT molecular complexity index is 3440. The molecule has 12 rings (SSSR count). The maximum absolute atomic E-state index is 5.35. The van der Waals surface area contributed by atoms with Gasteiger partial charge in [0.25, 0.3) is 0 Å². The third-order valence-electron chi connectivity index (χ3n) is 13.0. The second-order valence-electron chi connectivity index (χ2n) is 16.4. The average molecular weight is 801 g/mol. The van der Waals surface area contributed by atoms with Crippen LogP contribution in [0.4, 0.5) is 0 Å². The van der Waals surface area contributed by atoms with E-state index in [4.69, 9.17) is 9.97 Å². The molecule has 0 aliphatic heterocycles. The summed E-state index contributed by atoms with van der Waals surface area (Å²) in [5.41, 5.74) is 16.8. The van der Waals surface area contributed by atoms with Crippen molar-refractivity contribution >= 4 is 21.5 Å². The summed E-state index contributed by atoms with van der Waals surface area (Å²) < 4.78 is 0. The second-order valence-corrected chi connectivity index (χ2v) is 16.4. The van der Waals surface area contributed by atoms with Crippen molar-refractivity contribution < 1.29 is 0 Å². The summed E-state index contributed by atoms with van der Waals surface area (Å²) in [5, 5.41) is 4.75. The van der Waals surface area contributed by atoms with E-state index in [1.54, 1.807) is 0 Å². The number of nitrogens with zero attached hydrogens (tertiary/aromatic N) is 2. The largest absolute Gasteiger partial charge is 0.228 e. The van der Waals surface area contributed by atoms with Gasteiger partial charge < -0.3 is 0 Å². The summed E-state index contributed by atoms with van der Waals surface area (Å²) >= 11 is 0. The zero-order valence-electron chi connectivity index (χ0n) is 34.5. The number of fused-ring (bicyclic) bond motifs is 5. The normalized spacial score (nSPS) is 12.6. The number of hydrogen-bond donors (Lipinski definition) is 0. The zero-order valence-corrected chi connectivity index (χ0v) is 34.5. The van der Waals surface area contributed by atoms with Gasteiger partial charge in [-0.25, -0.2) is 9.97 Å². The number of rotatable bonds is 7. The summed E-state index contributed by atoms with van der Waals surface area (Å²) in [4.78, 5) is 10.6. The lowest BCUT2D eigenvalue weighted by atomic mass is 9.67. The number of hydrogen-bond acceptors (Lipinski definition) is 2. The van der Waals surface area contributed by atoms with Crippen molar-refractivity contribution in [2.24, 2.45) is 0 Å². The Hall–Kier alpha value is -8.20. The molecule has 0 bridgehead atoms. The highest BCUT2D eigenvalue weighted by molar-refractivity contribution is 6.05. The SMILES string of the molecule is c1ccc(-c2cc(-c3ccc(-c4cccc5ccccc45)cc3)nc(-c3ccc(-c4ccc5c(c4)C(c4ccccc4)(c4ccccc4)c4ccccc4-5)c4ccccc34)n2)cc1. The van der Waals surface area contributed by atoms with Crippen LogP contribution in [0.2, 0.25) is 0 Å². The second kappa shape index (κ2) is 15.1. The number of benzene rings is 10. The van der Waals surface area contributed by atoms with Crippen LogP contribution in [-0.4, -0.2) is 9.97 Å². The molecule has 0 radical (unpaired) electrons. The molecule has 0 saturated heterocycles. The molecule has 0 amide bonds. The first kappa shape index (κ1) is 36.6. The molecular weight excluding hydrogens is 761 g/mol. The summed E-state index contributed by atoms with van der Waals surface area (Å²) in [6.45, 7) is 0. The van der Waals surface area contributed by atoms with Gasteiger partial charge in [0.2, 0.25) is 0 Å². The quantitative estimate of drug-likeness (QED) is 0.160. The third-order valence-corrected chi connectivity index (χ3v) is 13.0. The van der Waals surface area contributed by atoms with Crippen LogP contribution in [0, 0.1) is 0 Å². The van der Waals surface area contributed by atoms with Gasteiger partial charge in [-0.15, -0.1) is 0 Å². The van der Waals surface area contributed by atoms with E-state index < -0.39 is 5.41 Å². The topological polar surface area (TPSA) is 25.8 Å². The van der Waals surface area contributed by atoms with E-state index in [9.17, 15) is 0 Å². The van der Waals surface area contributed by atoms with Crippen LogP contribution >= 0.6 is 0 Å². The van der Waals surface area contributed by atoms with E-state index in [0.29, 0.717) is 5.82 Å². The van der Waals surface area contributed by atoms with E-state index in [0.717, 1.165) is 38.9 Å². The highest BCUT2D eigenvalue weighted by Crippen LogP contribution is 2.57. The van der Waals surface area contributed by atoms with Crippen molar-refractivity contribution in [2.45, 2.75) is 5.41 Å². The standard InChI is InChI=1S/C61H40N2/c1-4-18-43(19-5-1)58-40-59(44-33-31-42(32-34-44)49-29-16-20-41-17-10-11-25-48(41)49)63-60(62-58)55-38-37-50(51-26-12-13-27-52(51)55)45-35-36-54-53-28-14-15-30-56(53)61(57(54)39-45,46-21-6-2-7-22-46)47-23-8-3-9-24-47/h1-40H. The van der Waals surface area contributed by atoms with Crippen LogP contribution in [0.15, 0.2) is 243 Å². The van der Waals surface area contributed by atoms with Crippen LogP contribution in [-0.2, 0) is 5.41 Å². The van der Waals surface area contributed by atoms with Gasteiger partial charge in [0.1, 0.15) is 0 Å². The first-order chi connectivity index (χ1) is 31.2. The first-order valence-corrected chi connectivity index (χ1v) is 21.6. The van der Waals surface area contributed by atoms with Gasteiger partial charge in [0.05, 0.1) is 16.8 Å². The molecule has 0 fully saturated rings. The fourth-order valence-corrected chi connectivity index (χ4v) is 10.1. The molecule has 0 spiro atoms. The summed E-state index contributed by atoms with van der Waals surface area (Å²) in [6, 6.07) is 87.7. The first-order valence-electron chi connectivity index (χ1n) is 21.6. The molecule has 0 unspecified atom stereocenters. The lowest BCUT2D eigenvalue weighted by Gasteiger charge is -2.34. The van der Waals surface area contributed by atoms with E-state index in [2.05, 4.69) is 237 Å². The van der Waals surface area contributed by atoms with Gasteiger partial charge in [-0.05, 0) is 95.4 Å². The van der Waals surface area contributed by atoms with Gasteiger partial charge >= 0.3 is 0 Å². The molecule has 294 valence electrons. The molecule has 2 nitrogen and oxygen atoms in total. The van der Waals surface area contributed by atoms with Crippen LogP contribution in [0.5, 0.6) is 0 Å². The highest BCUT2D eigenvalue weighted by atomic mass is 14.9. The van der Waals surface area contributed by atoms with Crippen LogP contribution in [0.25, 0.3) is 88.8 Å². The van der Waals surface area contributed by atoms with Crippen molar-refractivity contribution in [1.82, 2.24) is 9.97 Å². The molecule has 1 aromatic heterocycles. The van der Waals surface area contributed by atoms with Gasteiger partial charge in [-0.1, -0.05) is 224 Å². The van der Waals surface area contributed by atoms with Crippen molar-refractivity contribution in [2.75, 3.05) is 0 Å². The molecule has 0 saturated carbocycles. The van der Waals surface area contributed by atoms with E-state index in [-0.39, 0.29) is 0 Å². The monoisotopic (exact) mass is 800 g/mol. The Labute approximate surface area is 367 Å². The van der Waals surface area contributed by atoms with E-state index >= 15 is 0 Å². The third kappa shape index (κ3) is 6.02. The summed E-state index contributed by atoms with van der Waals surface area (Å²) in [6.07, 6.45) is 0. The molecule has 1 aliphatic carbocycles. The average Bonchev–Trinajstić information content (AvgIpc) is 3.67. The maximum atomic E-state index is 5.35. The summed E-state index contributed by atoms with van der Waals surface area (Å²) in [5.74, 6) is 0.698. The fourth-order valence-electron chi connectivity index (χ4n) is 10.1. The zero-order chi connectivity index (χ0) is 41.7.